The predicted molar refractivity (Wildman–Crippen MR) is 111 cm³/mol. The monoisotopic (exact) mass is 407 g/mol. The van der Waals surface area contributed by atoms with Crippen LogP contribution in [-0.4, -0.2) is 41.7 Å². The number of ether oxygens (including phenoxy) is 2. The smallest absolute Gasteiger partial charge is 0.249 e. The van der Waals surface area contributed by atoms with Gasteiger partial charge in [-0.3, -0.25) is 4.79 Å². The third-order valence-corrected chi connectivity index (χ3v) is 5.41. The second-order valence-corrected chi connectivity index (χ2v) is 7.43. The van der Waals surface area contributed by atoms with Gasteiger partial charge in [0.2, 0.25) is 17.6 Å². The average molecular weight is 407 g/mol. The molecule has 7 nitrogen and oxygen atoms in total. The number of methoxy groups -OCH3 is 2. The molecule has 30 heavy (non-hydrogen) atoms. The molecule has 1 aliphatic heterocycles. The van der Waals surface area contributed by atoms with Crippen molar-refractivity contribution in [2.75, 3.05) is 20.8 Å². The van der Waals surface area contributed by atoms with Gasteiger partial charge in [-0.15, -0.1) is 0 Å². The van der Waals surface area contributed by atoms with E-state index in [0.29, 0.717) is 29.8 Å². The molecule has 1 atom stereocenters. The van der Waals surface area contributed by atoms with Gasteiger partial charge in [-0.25, -0.2) is 0 Å². The van der Waals surface area contributed by atoms with Crippen molar-refractivity contribution in [3.05, 3.63) is 59.5 Å². The summed E-state index contributed by atoms with van der Waals surface area (Å²) in [5.41, 5.74) is 2.94. The van der Waals surface area contributed by atoms with Gasteiger partial charge >= 0.3 is 0 Å². The van der Waals surface area contributed by atoms with Crippen LogP contribution in [0.15, 0.2) is 47.0 Å². The summed E-state index contributed by atoms with van der Waals surface area (Å²) in [6.45, 7) is 2.71. The molecule has 0 bridgehead atoms. The van der Waals surface area contributed by atoms with Crippen LogP contribution in [-0.2, 0) is 11.2 Å². The lowest BCUT2D eigenvalue weighted by Gasteiger charge is -2.22. The molecule has 2 heterocycles. The Morgan fingerprint density at radius 1 is 1.13 bits per heavy atom. The molecule has 0 radical (unpaired) electrons. The number of likely N-dealkylation sites (tertiary alicyclic amines) is 1. The van der Waals surface area contributed by atoms with Gasteiger partial charge < -0.3 is 18.9 Å². The molecular formula is C23H25N3O4. The lowest BCUT2D eigenvalue weighted by Crippen LogP contribution is -2.32. The van der Waals surface area contributed by atoms with Crippen LogP contribution in [0, 0.1) is 6.92 Å². The first-order valence-electron chi connectivity index (χ1n) is 10.00. The highest BCUT2D eigenvalue weighted by atomic mass is 16.5. The van der Waals surface area contributed by atoms with Crippen LogP contribution >= 0.6 is 0 Å². The molecular weight excluding hydrogens is 382 g/mol. The van der Waals surface area contributed by atoms with Crippen molar-refractivity contribution < 1.29 is 18.8 Å². The Bertz CT molecular complexity index is 1030. The van der Waals surface area contributed by atoms with Gasteiger partial charge in [-0.1, -0.05) is 41.1 Å². The number of carbonyl (C=O) groups is 1. The molecule has 1 aromatic heterocycles. The number of carbonyl (C=O) groups excluding carboxylic acids is 1. The van der Waals surface area contributed by atoms with Crippen LogP contribution in [0.3, 0.4) is 0 Å². The Morgan fingerprint density at radius 2 is 1.90 bits per heavy atom. The number of benzene rings is 2. The van der Waals surface area contributed by atoms with Crippen molar-refractivity contribution in [2.45, 2.75) is 32.2 Å². The van der Waals surface area contributed by atoms with Crippen LogP contribution < -0.4 is 9.47 Å². The highest BCUT2D eigenvalue weighted by molar-refractivity contribution is 5.79. The van der Waals surface area contributed by atoms with Crippen LogP contribution in [0.4, 0.5) is 0 Å². The number of rotatable bonds is 6. The van der Waals surface area contributed by atoms with Crippen molar-refractivity contribution >= 4 is 5.91 Å². The van der Waals surface area contributed by atoms with Gasteiger partial charge in [0.15, 0.2) is 11.5 Å². The van der Waals surface area contributed by atoms with E-state index in [9.17, 15) is 4.79 Å². The number of nitrogens with zero attached hydrogens (tertiary/aromatic N) is 3. The summed E-state index contributed by atoms with van der Waals surface area (Å²) in [7, 11) is 3.17. The third kappa shape index (κ3) is 4.01. The van der Waals surface area contributed by atoms with Crippen LogP contribution in [0.25, 0.3) is 11.4 Å². The molecule has 0 spiro atoms. The zero-order valence-corrected chi connectivity index (χ0v) is 17.4. The first kappa shape index (κ1) is 19.9. The second-order valence-electron chi connectivity index (χ2n) is 7.43. The highest BCUT2D eigenvalue weighted by Crippen LogP contribution is 2.33. The molecule has 1 aliphatic rings. The maximum absolute atomic E-state index is 13.0. The van der Waals surface area contributed by atoms with Crippen molar-refractivity contribution in [3.63, 3.8) is 0 Å². The molecule has 4 rings (SSSR count). The van der Waals surface area contributed by atoms with Crippen molar-refractivity contribution in [1.29, 1.82) is 0 Å². The Morgan fingerprint density at radius 3 is 2.63 bits per heavy atom. The second kappa shape index (κ2) is 8.57. The van der Waals surface area contributed by atoms with Crippen LogP contribution in [0.2, 0.25) is 0 Å². The fourth-order valence-electron chi connectivity index (χ4n) is 3.78. The molecule has 2 aromatic carbocycles. The molecule has 0 saturated carbocycles. The maximum Gasteiger partial charge on any atom is 0.249 e. The molecule has 0 N–H and O–H groups in total. The van der Waals surface area contributed by atoms with E-state index >= 15 is 0 Å². The van der Waals surface area contributed by atoms with Gasteiger partial charge in [-0.2, -0.15) is 4.98 Å². The molecule has 156 valence electrons. The summed E-state index contributed by atoms with van der Waals surface area (Å²) >= 11 is 0. The summed E-state index contributed by atoms with van der Waals surface area (Å²) in [5.74, 6) is 2.32. The van der Waals surface area contributed by atoms with E-state index in [0.717, 1.165) is 24.0 Å². The molecule has 1 amide bonds. The van der Waals surface area contributed by atoms with Gasteiger partial charge in [0.05, 0.1) is 20.6 Å². The SMILES string of the molecule is COc1ccc(CC(=O)N2CCC[C@@H]2c2nc(-c3ccc(C)cc3)no2)cc1OC. The topological polar surface area (TPSA) is 77.7 Å². The Balaban J connectivity index is 1.50. The first-order valence-corrected chi connectivity index (χ1v) is 10.00. The van der Waals surface area contributed by atoms with E-state index in [1.807, 2.05) is 54.3 Å². The first-order chi connectivity index (χ1) is 14.6. The zero-order valence-electron chi connectivity index (χ0n) is 17.4. The van der Waals surface area contributed by atoms with Gasteiger partial charge in [-0.05, 0) is 37.5 Å². The lowest BCUT2D eigenvalue weighted by molar-refractivity contribution is -0.131. The highest BCUT2D eigenvalue weighted by Gasteiger charge is 2.34. The van der Waals surface area contributed by atoms with E-state index in [1.54, 1.807) is 14.2 Å². The van der Waals surface area contributed by atoms with Crippen molar-refractivity contribution in [2.24, 2.45) is 0 Å². The Kier molecular flexibility index (Phi) is 5.70. The average Bonchev–Trinajstić information content (AvgIpc) is 3.43. The molecule has 0 aliphatic carbocycles. The summed E-state index contributed by atoms with van der Waals surface area (Å²) < 4.78 is 16.2. The summed E-state index contributed by atoms with van der Waals surface area (Å²) in [6, 6.07) is 13.3. The van der Waals surface area contributed by atoms with Crippen LogP contribution in [0.1, 0.15) is 35.9 Å². The van der Waals surface area contributed by atoms with Crippen molar-refractivity contribution in [1.82, 2.24) is 15.0 Å². The minimum Gasteiger partial charge on any atom is -0.493 e. The van der Waals surface area contributed by atoms with E-state index in [-0.39, 0.29) is 18.4 Å². The minimum atomic E-state index is -0.190. The standard InChI is InChI=1S/C23H25N3O4/c1-15-6-9-17(10-7-15)22-24-23(30-25-22)18-5-4-12-26(18)21(27)14-16-8-11-19(28-2)20(13-16)29-3/h6-11,13,18H,4-5,12,14H2,1-3H3/t18-/m1/s1. The molecule has 7 heteroatoms. The number of amides is 1. The Hall–Kier alpha value is -3.35. The van der Waals surface area contributed by atoms with Gasteiger partial charge in [0.25, 0.3) is 0 Å². The Labute approximate surface area is 175 Å². The quantitative estimate of drug-likeness (QED) is 0.615. The fraction of sp³-hybridized carbons (Fsp3) is 0.348. The summed E-state index contributed by atoms with van der Waals surface area (Å²) in [4.78, 5) is 19.4. The van der Waals surface area contributed by atoms with E-state index in [1.165, 1.54) is 5.56 Å². The third-order valence-electron chi connectivity index (χ3n) is 5.41. The number of aromatic nitrogens is 2. The zero-order chi connectivity index (χ0) is 21.1. The summed E-state index contributed by atoms with van der Waals surface area (Å²) in [5, 5.41) is 4.13. The van der Waals surface area contributed by atoms with E-state index in [4.69, 9.17) is 14.0 Å². The maximum atomic E-state index is 13.0. The molecule has 3 aromatic rings. The molecule has 1 fully saturated rings. The lowest BCUT2D eigenvalue weighted by atomic mass is 10.1. The number of aryl methyl sites for hydroxylation is 1. The minimum absolute atomic E-state index is 0.0276. The van der Waals surface area contributed by atoms with Gasteiger partial charge in [0.1, 0.15) is 6.04 Å². The largest absolute Gasteiger partial charge is 0.493 e. The predicted octanol–water partition coefficient (Wildman–Crippen LogP) is 3.97. The van der Waals surface area contributed by atoms with E-state index in [2.05, 4.69) is 10.1 Å². The summed E-state index contributed by atoms with van der Waals surface area (Å²) in [6.07, 6.45) is 1.99. The molecule has 1 saturated heterocycles. The van der Waals surface area contributed by atoms with E-state index < -0.39 is 0 Å². The van der Waals surface area contributed by atoms with Gasteiger partial charge in [0, 0.05) is 12.1 Å². The number of hydrogen-bond donors (Lipinski definition) is 0. The number of hydrogen-bond acceptors (Lipinski definition) is 6. The van der Waals surface area contributed by atoms with Crippen LogP contribution in [0.5, 0.6) is 11.5 Å². The molecule has 0 unspecified atom stereocenters. The van der Waals surface area contributed by atoms with Crippen molar-refractivity contribution in [3.8, 4) is 22.9 Å². The normalized spacial score (nSPS) is 16.0. The fourth-order valence-corrected chi connectivity index (χ4v) is 3.78.